The summed E-state index contributed by atoms with van der Waals surface area (Å²) in [6, 6.07) is -0.0441. The third-order valence-corrected chi connectivity index (χ3v) is 4.04. The number of nitrogens with one attached hydrogen (secondary N) is 1. The van der Waals surface area contributed by atoms with Gasteiger partial charge in [0.25, 0.3) is 0 Å². The summed E-state index contributed by atoms with van der Waals surface area (Å²) < 4.78 is 0. The Balaban J connectivity index is 2.12. The first kappa shape index (κ1) is 11.3. The number of rotatable bonds is 3. The van der Waals surface area contributed by atoms with E-state index in [4.69, 9.17) is 0 Å². The number of hydrogen-bond acceptors (Lipinski definition) is 5. The topological polar surface area (TPSA) is 75.1 Å². The summed E-state index contributed by atoms with van der Waals surface area (Å²) in [7, 11) is 0. The third-order valence-electron chi connectivity index (χ3n) is 3.27. The molecule has 1 aliphatic rings. The van der Waals surface area contributed by atoms with E-state index in [1.807, 2.05) is 6.92 Å². The maximum atomic E-state index is 11.3. The maximum absolute atomic E-state index is 11.3. The van der Waals surface area contributed by atoms with E-state index in [0.717, 1.165) is 29.4 Å². The van der Waals surface area contributed by atoms with Crippen LogP contribution in [-0.4, -0.2) is 27.3 Å². The molecule has 0 aromatic carbocycles. The molecule has 0 bridgehead atoms. The molecule has 2 rings (SSSR count). The van der Waals surface area contributed by atoms with Gasteiger partial charge in [-0.05, 0) is 26.7 Å². The van der Waals surface area contributed by atoms with Crippen LogP contribution >= 0.6 is 11.3 Å². The summed E-state index contributed by atoms with van der Waals surface area (Å²) in [5.74, 6) is -0.733. The van der Waals surface area contributed by atoms with Crippen LogP contribution in [0.4, 0.5) is 5.13 Å². The highest BCUT2D eigenvalue weighted by Crippen LogP contribution is 2.40. The minimum absolute atomic E-state index is 0.0441. The van der Waals surface area contributed by atoms with E-state index in [2.05, 4.69) is 15.5 Å². The van der Waals surface area contributed by atoms with Crippen LogP contribution in [0.2, 0.25) is 0 Å². The predicted octanol–water partition coefficient (Wildman–Crippen LogP) is 1.90. The number of hydrogen-bond donors (Lipinski definition) is 2. The summed E-state index contributed by atoms with van der Waals surface area (Å²) in [6.07, 6.45) is 2.54. The number of carbonyl (C=O) groups is 1. The molecule has 1 aromatic heterocycles. The van der Waals surface area contributed by atoms with Crippen molar-refractivity contribution in [2.75, 3.05) is 5.32 Å². The van der Waals surface area contributed by atoms with E-state index in [9.17, 15) is 9.90 Å². The molecule has 0 saturated heterocycles. The van der Waals surface area contributed by atoms with Crippen molar-refractivity contribution in [1.82, 2.24) is 10.2 Å². The number of aliphatic carboxylic acids is 1. The van der Waals surface area contributed by atoms with Gasteiger partial charge in [-0.3, -0.25) is 4.79 Å². The normalized spacial score (nSPS) is 29.2. The molecule has 1 aromatic rings. The van der Waals surface area contributed by atoms with E-state index < -0.39 is 11.4 Å². The first-order chi connectivity index (χ1) is 7.52. The van der Waals surface area contributed by atoms with Crippen LogP contribution in [0.3, 0.4) is 0 Å². The van der Waals surface area contributed by atoms with Crippen LogP contribution in [0.1, 0.15) is 31.2 Å². The van der Waals surface area contributed by atoms with Crippen molar-refractivity contribution in [3.63, 3.8) is 0 Å². The Hall–Kier alpha value is -1.17. The highest BCUT2D eigenvalue weighted by Gasteiger charge is 2.45. The smallest absolute Gasteiger partial charge is 0.311 e. The fraction of sp³-hybridized carbons (Fsp3) is 0.700. The number of aromatic nitrogens is 2. The highest BCUT2D eigenvalue weighted by molar-refractivity contribution is 7.15. The van der Waals surface area contributed by atoms with Crippen molar-refractivity contribution in [3.8, 4) is 0 Å². The molecule has 88 valence electrons. The Morgan fingerprint density at radius 2 is 2.38 bits per heavy atom. The highest BCUT2D eigenvalue weighted by atomic mass is 32.1. The van der Waals surface area contributed by atoms with Crippen molar-refractivity contribution in [2.45, 2.75) is 39.2 Å². The van der Waals surface area contributed by atoms with E-state index >= 15 is 0 Å². The Bertz CT molecular complexity index is 407. The number of carboxylic acids is 1. The average molecular weight is 241 g/mol. The fourth-order valence-corrected chi connectivity index (χ4v) is 2.80. The minimum Gasteiger partial charge on any atom is -0.481 e. The number of anilines is 1. The van der Waals surface area contributed by atoms with Gasteiger partial charge in [0.05, 0.1) is 5.41 Å². The zero-order chi connectivity index (χ0) is 11.8. The monoisotopic (exact) mass is 241 g/mol. The summed E-state index contributed by atoms with van der Waals surface area (Å²) in [5, 5.41) is 21.9. The Labute approximate surface area is 97.9 Å². The zero-order valence-corrected chi connectivity index (χ0v) is 10.2. The Morgan fingerprint density at radius 1 is 1.62 bits per heavy atom. The molecule has 1 heterocycles. The number of carboxylic acid groups (broad SMARTS) is 1. The third kappa shape index (κ3) is 1.89. The zero-order valence-electron chi connectivity index (χ0n) is 9.36. The molecule has 1 fully saturated rings. The summed E-state index contributed by atoms with van der Waals surface area (Å²) in [5.41, 5.74) is -0.681. The van der Waals surface area contributed by atoms with Gasteiger partial charge in [0.15, 0.2) is 0 Å². The summed E-state index contributed by atoms with van der Waals surface area (Å²) in [4.78, 5) is 11.3. The standard InChI is InChI=1S/C10H15N3O2S/c1-6-12-13-9(16-6)11-7-4-3-5-10(7,2)8(14)15/h7H,3-5H2,1-2H3,(H,11,13)(H,14,15). The largest absolute Gasteiger partial charge is 0.481 e. The minimum atomic E-state index is -0.733. The van der Waals surface area contributed by atoms with Crippen molar-refractivity contribution >= 4 is 22.4 Å². The molecule has 0 spiro atoms. The number of nitrogens with zero attached hydrogens (tertiary/aromatic N) is 2. The van der Waals surface area contributed by atoms with Crippen LogP contribution in [-0.2, 0) is 4.79 Å². The van der Waals surface area contributed by atoms with Crippen molar-refractivity contribution < 1.29 is 9.90 Å². The lowest BCUT2D eigenvalue weighted by Gasteiger charge is -2.27. The van der Waals surface area contributed by atoms with Gasteiger partial charge in [0.2, 0.25) is 5.13 Å². The molecular formula is C10H15N3O2S. The lowest BCUT2D eigenvalue weighted by atomic mass is 9.85. The van der Waals surface area contributed by atoms with Crippen LogP contribution in [0, 0.1) is 12.3 Å². The summed E-state index contributed by atoms with van der Waals surface area (Å²) in [6.45, 7) is 3.68. The molecule has 1 saturated carbocycles. The molecular weight excluding hydrogens is 226 g/mol. The number of aryl methyl sites for hydroxylation is 1. The second kappa shape index (κ2) is 4.01. The fourth-order valence-electron chi connectivity index (χ4n) is 2.16. The first-order valence-corrected chi connectivity index (χ1v) is 6.14. The van der Waals surface area contributed by atoms with Gasteiger partial charge in [-0.2, -0.15) is 0 Å². The Kier molecular flexibility index (Phi) is 2.84. The molecule has 1 aliphatic carbocycles. The van der Waals surface area contributed by atoms with Crippen molar-refractivity contribution in [2.24, 2.45) is 5.41 Å². The molecule has 6 heteroatoms. The van der Waals surface area contributed by atoms with Crippen molar-refractivity contribution in [1.29, 1.82) is 0 Å². The van der Waals surface area contributed by atoms with Crippen LogP contribution in [0.5, 0.6) is 0 Å². The van der Waals surface area contributed by atoms with Crippen molar-refractivity contribution in [3.05, 3.63) is 5.01 Å². The predicted molar refractivity (Wildman–Crippen MR) is 61.7 cm³/mol. The van der Waals surface area contributed by atoms with Gasteiger partial charge in [0, 0.05) is 6.04 Å². The van der Waals surface area contributed by atoms with E-state index in [1.165, 1.54) is 11.3 Å². The molecule has 0 amide bonds. The van der Waals surface area contributed by atoms with Crippen LogP contribution in [0.25, 0.3) is 0 Å². The second-order valence-electron chi connectivity index (χ2n) is 4.44. The molecule has 0 radical (unpaired) electrons. The quantitative estimate of drug-likeness (QED) is 0.845. The SMILES string of the molecule is Cc1nnc(NC2CCCC2(C)C(=O)O)s1. The molecule has 2 N–H and O–H groups in total. The van der Waals surface area contributed by atoms with E-state index in [1.54, 1.807) is 6.92 Å². The lowest BCUT2D eigenvalue weighted by molar-refractivity contribution is -0.147. The van der Waals surface area contributed by atoms with Gasteiger partial charge in [0.1, 0.15) is 5.01 Å². The van der Waals surface area contributed by atoms with Crippen LogP contribution < -0.4 is 5.32 Å². The molecule has 0 aliphatic heterocycles. The molecule has 2 unspecified atom stereocenters. The van der Waals surface area contributed by atoms with Gasteiger partial charge in [-0.1, -0.05) is 17.8 Å². The van der Waals surface area contributed by atoms with E-state index in [0.29, 0.717) is 0 Å². The van der Waals surface area contributed by atoms with Gasteiger partial charge in [-0.15, -0.1) is 10.2 Å². The second-order valence-corrected chi connectivity index (χ2v) is 5.62. The van der Waals surface area contributed by atoms with Gasteiger partial charge in [-0.25, -0.2) is 0 Å². The lowest BCUT2D eigenvalue weighted by Crippen LogP contribution is -2.40. The molecule has 2 atom stereocenters. The van der Waals surface area contributed by atoms with E-state index in [-0.39, 0.29) is 6.04 Å². The first-order valence-electron chi connectivity index (χ1n) is 5.32. The van der Waals surface area contributed by atoms with Gasteiger partial charge >= 0.3 is 5.97 Å². The van der Waals surface area contributed by atoms with Crippen LogP contribution in [0.15, 0.2) is 0 Å². The maximum Gasteiger partial charge on any atom is 0.311 e. The Morgan fingerprint density at radius 3 is 2.94 bits per heavy atom. The van der Waals surface area contributed by atoms with Gasteiger partial charge < -0.3 is 10.4 Å². The average Bonchev–Trinajstić information content (AvgIpc) is 2.76. The molecule has 5 nitrogen and oxygen atoms in total. The summed E-state index contributed by atoms with van der Waals surface area (Å²) >= 11 is 1.46. The molecule has 16 heavy (non-hydrogen) atoms.